The molecule has 0 spiro atoms. The van der Waals surface area contributed by atoms with Gasteiger partial charge in [-0.15, -0.1) is 0 Å². The van der Waals surface area contributed by atoms with E-state index in [-0.39, 0.29) is 16.9 Å². The first-order valence-corrected chi connectivity index (χ1v) is 6.24. The van der Waals surface area contributed by atoms with E-state index in [1.807, 2.05) is 37.3 Å². The molecule has 21 heavy (non-hydrogen) atoms. The minimum absolute atomic E-state index is 0.144. The molecule has 0 fully saturated rings. The maximum Gasteiger partial charge on any atom is 0.280 e. The van der Waals surface area contributed by atoms with Crippen LogP contribution in [0.5, 0.6) is 0 Å². The number of nitrogens with zero attached hydrogens (tertiary/aromatic N) is 4. The van der Waals surface area contributed by atoms with Gasteiger partial charge in [0.2, 0.25) is 0 Å². The van der Waals surface area contributed by atoms with Crippen LogP contribution in [0.25, 0.3) is 16.9 Å². The van der Waals surface area contributed by atoms with Gasteiger partial charge in [-0.3, -0.25) is 0 Å². The van der Waals surface area contributed by atoms with Crippen molar-refractivity contribution >= 4 is 5.65 Å². The molecule has 6 heteroatoms. The summed E-state index contributed by atoms with van der Waals surface area (Å²) in [7, 11) is 0. The van der Waals surface area contributed by atoms with E-state index in [1.54, 1.807) is 0 Å². The van der Waals surface area contributed by atoms with Crippen molar-refractivity contribution in [1.29, 1.82) is 5.26 Å². The fourth-order valence-corrected chi connectivity index (χ4v) is 2.09. The second kappa shape index (κ2) is 4.94. The minimum atomic E-state index is -2.70. The van der Waals surface area contributed by atoms with E-state index >= 15 is 0 Å². The van der Waals surface area contributed by atoms with E-state index in [9.17, 15) is 8.78 Å². The number of alkyl halides is 2. The molecule has 3 aromatic rings. The number of halogens is 2. The van der Waals surface area contributed by atoms with Gasteiger partial charge in [0, 0.05) is 5.56 Å². The first-order valence-electron chi connectivity index (χ1n) is 6.24. The number of fused-ring (bicyclic) bond motifs is 1. The zero-order valence-electron chi connectivity index (χ0n) is 11.1. The Hall–Kier alpha value is -2.81. The largest absolute Gasteiger partial charge is 0.280 e. The van der Waals surface area contributed by atoms with Crippen molar-refractivity contribution in [2.75, 3.05) is 0 Å². The van der Waals surface area contributed by atoms with Gasteiger partial charge in [-0.2, -0.15) is 10.4 Å². The average molecular weight is 284 g/mol. The van der Waals surface area contributed by atoms with E-state index in [0.717, 1.165) is 15.6 Å². The zero-order valence-corrected chi connectivity index (χ0v) is 11.1. The van der Waals surface area contributed by atoms with Gasteiger partial charge in [-0.25, -0.2) is 18.3 Å². The molecule has 0 N–H and O–H groups in total. The molecule has 0 amide bonds. The first kappa shape index (κ1) is 13.2. The molecule has 3 rings (SSSR count). The van der Waals surface area contributed by atoms with Crippen molar-refractivity contribution in [3.63, 3.8) is 0 Å². The fourth-order valence-electron chi connectivity index (χ4n) is 2.09. The van der Waals surface area contributed by atoms with Gasteiger partial charge in [0.15, 0.2) is 5.65 Å². The third kappa shape index (κ3) is 2.23. The molecule has 0 unspecified atom stereocenters. The molecule has 104 valence electrons. The quantitative estimate of drug-likeness (QED) is 0.723. The van der Waals surface area contributed by atoms with Gasteiger partial charge in [0.05, 0.1) is 11.9 Å². The van der Waals surface area contributed by atoms with Gasteiger partial charge in [-0.1, -0.05) is 29.8 Å². The lowest BCUT2D eigenvalue weighted by Crippen LogP contribution is -2.02. The Labute approximate surface area is 119 Å². The monoisotopic (exact) mass is 284 g/mol. The summed E-state index contributed by atoms with van der Waals surface area (Å²) in [4.78, 5) is 4.29. The van der Waals surface area contributed by atoms with Crippen LogP contribution in [0.3, 0.4) is 0 Å². The highest BCUT2D eigenvalue weighted by Crippen LogP contribution is 2.26. The van der Waals surface area contributed by atoms with Gasteiger partial charge in [0.1, 0.15) is 17.3 Å². The molecule has 0 saturated carbocycles. The SMILES string of the molecule is Cc1ccc(-c2cc(C(F)F)n3ncc(C#N)c3n2)cc1. The number of aromatic nitrogens is 3. The van der Waals surface area contributed by atoms with Crippen LogP contribution >= 0.6 is 0 Å². The molecule has 0 atom stereocenters. The maximum atomic E-state index is 13.2. The van der Waals surface area contributed by atoms with Crippen LogP contribution in [0, 0.1) is 18.3 Å². The first-order chi connectivity index (χ1) is 10.1. The molecule has 2 heterocycles. The minimum Gasteiger partial charge on any atom is -0.227 e. The molecule has 4 nitrogen and oxygen atoms in total. The molecule has 2 aromatic heterocycles. The van der Waals surface area contributed by atoms with Crippen LogP contribution in [0.1, 0.15) is 23.2 Å². The molecule has 1 aromatic carbocycles. The van der Waals surface area contributed by atoms with E-state index in [1.165, 1.54) is 12.3 Å². The molecular formula is C15H10F2N4. The third-order valence-electron chi connectivity index (χ3n) is 3.19. The second-order valence-corrected chi connectivity index (χ2v) is 4.64. The van der Waals surface area contributed by atoms with Gasteiger partial charge in [-0.05, 0) is 13.0 Å². The zero-order chi connectivity index (χ0) is 15.0. The fraction of sp³-hybridized carbons (Fsp3) is 0.133. The number of hydrogen-bond donors (Lipinski definition) is 0. The van der Waals surface area contributed by atoms with Gasteiger partial charge in [0.25, 0.3) is 6.43 Å². The van der Waals surface area contributed by atoms with Crippen molar-refractivity contribution in [3.05, 3.63) is 53.3 Å². The number of benzene rings is 1. The molecule has 0 saturated heterocycles. The Morgan fingerprint density at radius 1 is 1.24 bits per heavy atom. The summed E-state index contributed by atoms with van der Waals surface area (Å²) in [6, 6.07) is 10.6. The normalized spacial score (nSPS) is 11.0. The highest BCUT2D eigenvalue weighted by molar-refractivity contribution is 5.65. The van der Waals surface area contributed by atoms with E-state index in [0.29, 0.717) is 5.69 Å². The van der Waals surface area contributed by atoms with Crippen LogP contribution in [0.4, 0.5) is 8.78 Å². The predicted octanol–water partition coefficient (Wildman–Crippen LogP) is 3.51. The molecule has 0 aliphatic carbocycles. The molecule has 0 aliphatic rings. The van der Waals surface area contributed by atoms with Crippen molar-refractivity contribution in [1.82, 2.24) is 14.6 Å². The summed E-state index contributed by atoms with van der Waals surface area (Å²) in [5.74, 6) is 0. The molecule has 0 bridgehead atoms. The standard InChI is InChI=1S/C15H10F2N4/c1-9-2-4-10(5-3-9)12-6-13(14(16)17)21-15(20-12)11(7-18)8-19-21/h2-6,8,14H,1H3. The van der Waals surface area contributed by atoms with Crippen molar-refractivity contribution in [2.45, 2.75) is 13.3 Å². The summed E-state index contributed by atoms with van der Waals surface area (Å²) < 4.78 is 27.4. The Balaban J connectivity index is 2.28. The summed E-state index contributed by atoms with van der Waals surface area (Å²) >= 11 is 0. The summed E-state index contributed by atoms with van der Waals surface area (Å²) in [6.45, 7) is 1.94. The van der Waals surface area contributed by atoms with E-state index in [4.69, 9.17) is 5.26 Å². The van der Waals surface area contributed by atoms with Crippen LogP contribution in [-0.2, 0) is 0 Å². The Morgan fingerprint density at radius 3 is 2.57 bits per heavy atom. The Bertz CT molecular complexity index is 844. The van der Waals surface area contributed by atoms with Crippen LogP contribution < -0.4 is 0 Å². The highest BCUT2D eigenvalue weighted by atomic mass is 19.3. The number of nitriles is 1. The molecular weight excluding hydrogens is 274 g/mol. The number of hydrogen-bond acceptors (Lipinski definition) is 3. The average Bonchev–Trinajstić information content (AvgIpc) is 2.89. The van der Waals surface area contributed by atoms with Crippen LogP contribution in [0.2, 0.25) is 0 Å². The van der Waals surface area contributed by atoms with Crippen molar-refractivity contribution in [2.24, 2.45) is 0 Å². The van der Waals surface area contributed by atoms with Gasteiger partial charge >= 0.3 is 0 Å². The van der Waals surface area contributed by atoms with Crippen LogP contribution in [-0.4, -0.2) is 14.6 Å². The van der Waals surface area contributed by atoms with E-state index < -0.39 is 6.43 Å². The van der Waals surface area contributed by atoms with Crippen molar-refractivity contribution in [3.8, 4) is 17.3 Å². The molecule has 0 radical (unpaired) electrons. The summed E-state index contributed by atoms with van der Waals surface area (Å²) in [6.07, 6.45) is -1.46. The number of rotatable bonds is 2. The lowest BCUT2D eigenvalue weighted by atomic mass is 10.1. The predicted molar refractivity (Wildman–Crippen MR) is 72.8 cm³/mol. The summed E-state index contributed by atoms with van der Waals surface area (Å²) in [5.41, 5.74) is 2.22. The lowest BCUT2D eigenvalue weighted by molar-refractivity contribution is 0.143. The van der Waals surface area contributed by atoms with Crippen molar-refractivity contribution < 1.29 is 8.78 Å². The maximum absolute atomic E-state index is 13.2. The molecule has 0 aliphatic heterocycles. The topological polar surface area (TPSA) is 54.0 Å². The number of aryl methyl sites for hydroxylation is 1. The van der Waals surface area contributed by atoms with Gasteiger partial charge < -0.3 is 0 Å². The smallest absolute Gasteiger partial charge is 0.227 e. The van der Waals surface area contributed by atoms with E-state index in [2.05, 4.69) is 10.1 Å². The third-order valence-corrected chi connectivity index (χ3v) is 3.19. The Morgan fingerprint density at radius 2 is 1.95 bits per heavy atom. The highest BCUT2D eigenvalue weighted by Gasteiger charge is 2.18. The summed E-state index contributed by atoms with van der Waals surface area (Å²) in [5, 5.41) is 12.8. The second-order valence-electron chi connectivity index (χ2n) is 4.64. The van der Waals surface area contributed by atoms with Crippen LogP contribution in [0.15, 0.2) is 36.5 Å². The lowest BCUT2D eigenvalue weighted by Gasteiger charge is -2.08. The Kier molecular flexibility index (Phi) is 3.10.